The number of rotatable bonds is 6. The topological polar surface area (TPSA) is 72.5 Å². The molecule has 2 heterocycles. The molecule has 4 rings (SSSR count). The molecule has 1 saturated heterocycles. The Morgan fingerprint density at radius 2 is 1.59 bits per heavy atom. The van der Waals surface area contributed by atoms with Crippen molar-refractivity contribution >= 4 is 23.1 Å². The standard InChI is InChI=1S/C23H23N3O3/c27-23(17-12-14-28-15-13-17)26-19-8-11-22(24-16-19)25-18-6-9-21(10-7-18)29-20-4-2-1-3-5-20/h1-11,16-17H,12-15H2,(H,24,25)(H,26,27). The number of nitrogens with zero attached hydrogens (tertiary/aromatic N) is 1. The third-order valence-corrected chi connectivity index (χ3v) is 4.73. The fraction of sp³-hybridized carbons (Fsp3) is 0.217. The first-order valence-electron chi connectivity index (χ1n) is 9.71. The third kappa shape index (κ3) is 5.33. The lowest BCUT2D eigenvalue weighted by Gasteiger charge is -2.21. The first-order chi connectivity index (χ1) is 14.3. The van der Waals surface area contributed by atoms with Crippen molar-refractivity contribution in [2.75, 3.05) is 23.8 Å². The molecule has 0 bridgehead atoms. The number of carbonyl (C=O) groups excluding carboxylic acids is 1. The summed E-state index contributed by atoms with van der Waals surface area (Å²) in [6.45, 7) is 1.29. The van der Waals surface area contributed by atoms with E-state index in [0.29, 0.717) is 24.7 Å². The molecule has 148 valence electrons. The number of nitrogens with one attached hydrogen (secondary N) is 2. The lowest BCUT2D eigenvalue weighted by molar-refractivity contribution is -0.122. The Hall–Kier alpha value is -3.38. The van der Waals surface area contributed by atoms with E-state index in [-0.39, 0.29) is 11.8 Å². The van der Waals surface area contributed by atoms with Crippen LogP contribution in [0.25, 0.3) is 0 Å². The van der Waals surface area contributed by atoms with E-state index >= 15 is 0 Å². The van der Waals surface area contributed by atoms with Gasteiger partial charge in [-0.25, -0.2) is 4.98 Å². The predicted molar refractivity (Wildman–Crippen MR) is 113 cm³/mol. The van der Waals surface area contributed by atoms with Gasteiger partial charge >= 0.3 is 0 Å². The van der Waals surface area contributed by atoms with Gasteiger partial charge in [-0.2, -0.15) is 0 Å². The van der Waals surface area contributed by atoms with Gasteiger partial charge in [0.05, 0.1) is 11.9 Å². The highest BCUT2D eigenvalue weighted by Crippen LogP contribution is 2.24. The van der Waals surface area contributed by atoms with Crippen LogP contribution in [-0.4, -0.2) is 24.1 Å². The molecule has 0 unspecified atom stereocenters. The predicted octanol–water partition coefficient (Wildman–Crippen LogP) is 4.98. The van der Waals surface area contributed by atoms with E-state index < -0.39 is 0 Å². The van der Waals surface area contributed by atoms with Gasteiger partial charge in [0.15, 0.2) is 0 Å². The van der Waals surface area contributed by atoms with E-state index in [2.05, 4.69) is 15.6 Å². The van der Waals surface area contributed by atoms with E-state index in [0.717, 1.165) is 30.0 Å². The number of hydrogen-bond acceptors (Lipinski definition) is 5. The van der Waals surface area contributed by atoms with Crippen molar-refractivity contribution in [2.45, 2.75) is 12.8 Å². The monoisotopic (exact) mass is 389 g/mol. The lowest BCUT2D eigenvalue weighted by atomic mass is 9.99. The lowest BCUT2D eigenvalue weighted by Crippen LogP contribution is -2.28. The average molecular weight is 389 g/mol. The minimum atomic E-state index is 0.0122. The van der Waals surface area contributed by atoms with Crippen molar-refractivity contribution in [3.63, 3.8) is 0 Å². The Kier molecular flexibility index (Phi) is 6.02. The van der Waals surface area contributed by atoms with E-state index in [1.54, 1.807) is 6.20 Å². The number of amides is 1. The summed E-state index contributed by atoms with van der Waals surface area (Å²) in [5, 5.41) is 6.18. The smallest absolute Gasteiger partial charge is 0.227 e. The second-order valence-electron chi connectivity index (χ2n) is 6.87. The van der Waals surface area contributed by atoms with Crippen LogP contribution in [0, 0.1) is 5.92 Å². The van der Waals surface area contributed by atoms with Crippen molar-refractivity contribution < 1.29 is 14.3 Å². The van der Waals surface area contributed by atoms with E-state index in [4.69, 9.17) is 9.47 Å². The molecule has 2 N–H and O–H groups in total. The highest BCUT2D eigenvalue weighted by molar-refractivity contribution is 5.92. The van der Waals surface area contributed by atoms with Crippen LogP contribution in [-0.2, 0) is 9.53 Å². The van der Waals surface area contributed by atoms with Crippen LogP contribution in [0.4, 0.5) is 17.2 Å². The van der Waals surface area contributed by atoms with Gasteiger partial charge in [0, 0.05) is 24.8 Å². The minimum Gasteiger partial charge on any atom is -0.457 e. The molecule has 0 radical (unpaired) electrons. The quantitative estimate of drug-likeness (QED) is 0.622. The second kappa shape index (κ2) is 9.21. The van der Waals surface area contributed by atoms with E-state index in [1.807, 2.05) is 66.7 Å². The van der Waals surface area contributed by atoms with Crippen LogP contribution in [0.5, 0.6) is 11.5 Å². The molecule has 2 aromatic carbocycles. The second-order valence-corrected chi connectivity index (χ2v) is 6.87. The van der Waals surface area contributed by atoms with Crippen LogP contribution in [0.3, 0.4) is 0 Å². The Morgan fingerprint density at radius 3 is 2.28 bits per heavy atom. The molecule has 0 aliphatic carbocycles. The summed E-state index contributed by atoms with van der Waals surface area (Å²) >= 11 is 0. The number of para-hydroxylation sites is 1. The first kappa shape index (κ1) is 19.0. The maximum Gasteiger partial charge on any atom is 0.227 e. The number of anilines is 3. The van der Waals surface area contributed by atoms with Crippen LogP contribution in [0.2, 0.25) is 0 Å². The molecule has 6 nitrogen and oxygen atoms in total. The van der Waals surface area contributed by atoms with Crippen LogP contribution >= 0.6 is 0 Å². The number of carbonyl (C=O) groups is 1. The van der Waals surface area contributed by atoms with Crippen LogP contribution < -0.4 is 15.4 Å². The largest absolute Gasteiger partial charge is 0.457 e. The van der Waals surface area contributed by atoms with Gasteiger partial charge in [0.1, 0.15) is 17.3 Å². The molecule has 1 fully saturated rings. The van der Waals surface area contributed by atoms with Gasteiger partial charge in [-0.3, -0.25) is 4.79 Å². The maximum atomic E-state index is 12.3. The van der Waals surface area contributed by atoms with Crippen molar-refractivity contribution in [3.8, 4) is 11.5 Å². The highest BCUT2D eigenvalue weighted by Gasteiger charge is 2.21. The number of benzene rings is 2. The molecule has 3 aromatic rings. The summed E-state index contributed by atoms with van der Waals surface area (Å²) in [7, 11) is 0. The number of ether oxygens (including phenoxy) is 2. The summed E-state index contributed by atoms with van der Waals surface area (Å²) in [4.78, 5) is 16.7. The fourth-order valence-corrected chi connectivity index (χ4v) is 3.12. The van der Waals surface area contributed by atoms with Gasteiger partial charge < -0.3 is 20.1 Å². The maximum absolute atomic E-state index is 12.3. The van der Waals surface area contributed by atoms with Crippen molar-refractivity contribution in [1.29, 1.82) is 0 Å². The minimum absolute atomic E-state index is 0.0122. The van der Waals surface area contributed by atoms with Gasteiger partial charge in [-0.05, 0) is 61.4 Å². The molecule has 0 spiro atoms. The molecular formula is C23H23N3O3. The number of hydrogen-bond donors (Lipinski definition) is 2. The molecule has 0 atom stereocenters. The molecule has 1 aliphatic heterocycles. The summed E-state index contributed by atoms with van der Waals surface area (Å²) in [6, 6.07) is 21.0. The molecule has 1 aliphatic rings. The van der Waals surface area contributed by atoms with E-state index in [1.165, 1.54) is 0 Å². The van der Waals surface area contributed by atoms with Gasteiger partial charge in [-0.1, -0.05) is 18.2 Å². The van der Waals surface area contributed by atoms with Crippen molar-refractivity contribution in [2.24, 2.45) is 5.92 Å². The Balaban J connectivity index is 1.32. The zero-order chi connectivity index (χ0) is 19.9. The van der Waals surface area contributed by atoms with Crippen LogP contribution in [0.15, 0.2) is 72.9 Å². The zero-order valence-electron chi connectivity index (χ0n) is 16.0. The molecule has 29 heavy (non-hydrogen) atoms. The van der Waals surface area contributed by atoms with Crippen molar-refractivity contribution in [1.82, 2.24) is 4.98 Å². The zero-order valence-corrected chi connectivity index (χ0v) is 16.0. The molecule has 1 amide bonds. The summed E-state index contributed by atoms with van der Waals surface area (Å²) < 4.78 is 11.1. The molecule has 6 heteroatoms. The first-order valence-corrected chi connectivity index (χ1v) is 9.71. The average Bonchev–Trinajstić information content (AvgIpc) is 2.78. The number of pyridine rings is 1. The highest BCUT2D eigenvalue weighted by atomic mass is 16.5. The van der Waals surface area contributed by atoms with Crippen LogP contribution in [0.1, 0.15) is 12.8 Å². The normalized spacial score (nSPS) is 14.2. The SMILES string of the molecule is O=C(Nc1ccc(Nc2ccc(Oc3ccccc3)cc2)nc1)C1CCOCC1. The Bertz CT molecular complexity index is 922. The van der Waals surface area contributed by atoms with Gasteiger partial charge in [0.25, 0.3) is 0 Å². The Labute approximate surface area is 169 Å². The molecule has 1 aromatic heterocycles. The van der Waals surface area contributed by atoms with Gasteiger partial charge in [0.2, 0.25) is 5.91 Å². The fourth-order valence-electron chi connectivity index (χ4n) is 3.12. The Morgan fingerprint density at radius 1 is 0.897 bits per heavy atom. The third-order valence-electron chi connectivity index (χ3n) is 4.73. The molecular weight excluding hydrogens is 366 g/mol. The summed E-state index contributed by atoms with van der Waals surface area (Å²) in [5.74, 6) is 2.31. The molecule has 0 saturated carbocycles. The van der Waals surface area contributed by atoms with Crippen molar-refractivity contribution in [3.05, 3.63) is 72.9 Å². The summed E-state index contributed by atoms with van der Waals surface area (Å²) in [6.07, 6.45) is 3.19. The summed E-state index contributed by atoms with van der Waals surface area (Å²) in [5.41, 5.74) is 1.59. The van der Waals surface area contributed by atoms with Gasteiger partial charge in [-0.15, -0.1) is 0 Å². The number of aromatic nitrogens is 1. The van der Waals surface area contributed by atoms with E-state index in [9.17, 15) is 4.79 Å².